The van der Waals surface area contributed by atoms with E-state index >= 15 is 0 Å². The first-order chi connectivity index (χ1) is 10.8. The molecule has 1 aromatic carbocycles. The van der Waals surface area contributed by atoms with E-state index in [1.54, 1.807) is 11.8 Å². The molecule has 1 aliphatic rings. The Kier molecular flexibility index (Phi) is 4.10. The van der Waals surface area contributed by atoms with Gasteiger partial charge in [-0.15, -0.1) is 11.8 Å². The fourth-order valence-electron chi connectivity index (χ4n) is 2.33. The molecule has 2 aromatic rings. The van der Waals surface area contributed by atoms with Crippen LogP contribution in [0, 0.1) is 5.41 Å². The Balaban J connectivity index is 1.71. The lowest BCUT2D eigenvalue weighted by Crippen LogP contribution is -2.26. The van der Waals surface area contributed by atoms with Crippen LogP contribution in [0.3, 0.4) is 0 Å². The average Bonchev–Trinajstić information content (AvgIpc) is 3.10. The van der Waals surface area contributed by atoms with Crippen molar-refractivity contribution in [3.63, 3.8) is 0 Å². The maximum atomic E-state index is 11.8. The number of hydrogen-bond acceptors (Lipinski definition) is 5. The van der Waals surface area contributed by atoms with Crippen LogP contribution in [0.5, 0.6) is 0 Å². The first-order valence-electron chi connectivity index (χ1n) is 7.60. The van der Waals surface area contributed by atoms with Crippen molar-refractivity contribution in [1.29, 1.82) is 0 Å². The molecule has 1 atom stereocenters. The van der Waals surface area contributed by atoms with Crippen LogP contribution < -0.4 is 5.73 Å². The number of fused-ring (bicyclic) bond motifs is 1. The van der Waals surface area contributed by atoms with Gasteiger partial charge < -0.3 is 15.5 Å². The van der Waals surface area contributed by atoms with Gasteiger partial charge in [-0.05, 0) is 32.9 Å². The first kappa shape index (κ1) is 15.9. The maximum Gasteiger partial charge on any atom is 0.311 e. The van der Waals surface area contributed by atoms with Crippen LogP contribution in [0.2, 0.25) is 0 Å². The third kappa shape index (κ3) is 3.37. The molecule has 0 radical (unpaired) electrons. The zero-order valence-electron chi connectivity index (χ0n) is 13.6. The third-order valence-corrected chi connectivity index (χ3v) is 4.80. The number of aromatic amines is 1. The molecular formula is C17H21N3O2S. The number of esters is 1. The largest absolute Gasteiger partial charge is 0.463 e. The van der Waals surface area contributed by atoms with Gasteiger partial charge in [0.25, 0.3) is 0 Å². The Morgan fingerprint density at radius 1 is 1.48 bits per heavy atom. The molecule has 5 nitrogen and oxygen atoms in total. The van der Waals surface area contributed by atoms with Crippen LogP contribution in [0.25, 0.3) is 10.9 Å². The molecule has 0 unspecified atom stereocenters. The number of carbonyl (C=O) groups excluding carboxylic acids is 1. The fraction of sp³-hybridized carbons (Fsp3) is 0.412. The molecule has 3 rings (SSSR count). The molecule has 23 heavy (non-hydrogen) atoms. The number of nitrogens with zero attached hydrogens (tertiary/aromatic N) is 1. The Bertz CT molecular complexity index is 774. The summed E-state index contributed by atoms with van der Waals surface area (Å²) in [7, 11) is 0. The number of aromatic nitrogens is 1. The number of nitrogens with two attached hydrogens (primary N) is 1. The normalized spacial score (nSPS) is 18.2. The lowest BCUT2D eigenvalue weighted by atomic mass is 9.97. The van der Waals surface area contributed by atoms with E-state index in [0.717, 1.165) is 33.1 Å². The smallest absolute Gasteiger partial charge is 0.311 e. The molecule has 122 valence electrons. The molecule has 0 saturated heterocycles. The lowest BCUT2D eigenvalue weighted by molar-refractivity contribution is -0.153. The molecule has 3 N–H and O–H groups in total. The van der Waals surface area contributed by atoms with Crippen molar-refractivity contribution in [2.24, 2.45) is 10.4 Å². The number of ether oxygens (including phenoxy) is 1. The van der Waals surface area contributed by atoms with Crippen molar-refractivity contribution in [2.45, 2.75) is 26.8 Å². The molecule has 1 aliphatic heterocycles. The van der Waals surface area contributed by atoms with Gasteiger partial charge in [-0.1, -0.05) is 12.1 Å². The molecule has 0 bridgehead atoms. The number of para-hydroxylation sites is 1. The van der Waals surface area contributed by atoms with E-state index in [-0.39, 0.29) is 12.0 Å². The molecule has 0 amide bonds. The number of carbonyl (C=O) groups is 1. The topological polar surface area (TPSA) is 80.5 Å². The van der Waals surface area contributed by atoms with Gasteiger partial charge in [0.05, 0.1) is 28.4 Å². The van der Waals surface area contributed by atoms with Crippen molar-refractivity contribution < 1.29 is 9.53 Å². The second-order valence-corrected chi connectivity index (χ2v) is 7.75. The number of thioether (sulfide) groups is 1. The fourth-order valence-corrected chi connectivity index (χ4v) is 3.34. The van der Waals surface area contributed by atoms with Crippen molar-refractivity contribution in [1.82, 2.24) is 4.98 Å². The summed E-state index contributed by atoms with van der Waals surface area (Å²) < 4.78 is 5.36. The van der Waals surface area contributed by atoms with Gasteiger partial charge in [-0.3, -0.25) is 9.79 Å². The molecule has 0 saturated carbocycles. The van der Waals surface area contributed by atoms with E-state index in [2.05, 4.69) is 16.0 Å². The maximum absolute atomic E-state index is 11.8. The molecule has 2 heterocycles. The molecular weight excluding hydrogens is 310 g/mol. The number of rotatable bonds is 3. The molecule has 1 aromatic heterocycles. The Morgan fingerprint density at radius 3 is 2.96 bits per heavy atom. The summed E-state index contributed by atoms with van der Waals surface area (Å²) in [6.07, 6.45) is 0. The van der Waals surface area contributed by atoms with Crippen molar-refractivity contribution in [3.05, 3.63) is 30.0 Å². The van der Waals surface area contributed by atoms with Crippen molar-refractivity contribution in [3.8, 4) is 0 Å². The number of H-pyrrole nitrogens is 1. The lowest BCUT2D eigenvalue weighted by Gasteiger charge is -2.17. The third-order valence-electron chi connectivity index (χ3n) is 3.65. The van der Waals surface area contributed by atoms with E-state index in [9.17, 15) is 4.79 Å². The minimum atomic E-state index is -0.479. The second-order valence-electron chi connectivity index (χ2n) is 6.74. The standard InChI is InChI=1S/C17H21N3O2S/c1-17(2,3)16(21)22-8-11-9-23-15(19-11)13-7-10-5-4-6-12(18)14(10)20-13/h4-7,11,20H,8-9,18H2,1-3H3/t11-/m1/s1. The monoisotopic (exact) mass is 331 g/mol. The second kappa shape index (κ2) is 5.92. The van der Waals surface area contributed by atoms with Gasteiger partial charge in [-0.25, -0.2) is 0 Å². The minimum Gasteiger partial charge on any atom is -0.463 e. The van der Waals surface area contributed by atoms with E-state index in [4.69, 9.17) is 10.5 Å². The Hall–Kier alpha value is -1.95. The summed E-state index contributed by atoms with van der Waals surface area (Å²) >= 11 is 1.67. The van der Waals surface area contributed by atoms with Crippen molar-refractivity contribution in [2.75, 3.05) is 18.1 Å². The van der Waals surface area contributed by atoms with Crippen molar-refractivity contribution >= 4 is 39.4 Å². The van der Waals surface area contributed by atoms with E-state index < -0.39 is 5.41 Å². The number of benzene rings is 1. The number of aliphatic imine (C=N–C) groups is 1. The molecule has 0 aliphatic carbocycles. The quantitative estimate of drug-likeness (QED) is 0.668. The van der Waals surface area contributed by atoms with E-state index in [1.165, 1.54) is 0 Å². The van der Waals surface area contributed by atoms with Gasteiger partial charge in [0.2, 0.25) is 0 Å². The highest BCUT2D eigenvalue weighted by molar-refractivity contribution is 8.14. The van der Waals surface area contributed by atoms with Crippen LogP contribution in [-0.2, 0) is 9.53 Å². The molecule has 0 spiro atoms. The predicted octanol–water partition coefficient (Wildman–Crippen LogP) is 3.20. The SMILES string of the molecule is CC(C)(C)C(=O)OC[C@@H]1CSC(c2cc3cccc(N)c3[nH]2)=N1. The number of nitrogens with one attached hydrogen (secondary N) is 1. The summed E-state index contributed by atoms with van der Waals surface area (Å²) in [6.45, 7) is 5.88. The van der Waals surface area contributed by atoms with Gasteiger partial charge >= 0.3 is 5.97 Å². The molecule has 6 heteroatoms. The Labute approximate surface area is 139 Å². The first-order valence-corrected chi connectivity index (χ1v) is 8.58. The zero-order valence-corrected chi connectivity index (χ0v) is 14.4. The summed E-state index contributed by atoms with van der Waals surface area (Å²) in [6, 6.07) is 7.90. The number of nitrogen functional groups attached to an aromatic ring is 1. The molecule has 0 fully saturated rings. The van der Waals surface area contributed by atoms with Gasteiger partial charge in [0, 0.05) is 11.1 Å². The predicted molar refractivity (Wildman–Crippen MR) is 95.9 cm³/mol. The highest BCUT2D eigenvalue weighted by Crippen LogP contribution is 2.28. The average molecular weight is 331 g/mol. The van der Waals surface area contributed by atoms with Gasteiger partial charge in [0.1, 0.15) is 11.7 Å². The summed E-state index contributed by atoms with van der Waals surface area (Å²) in [5, 5.41) is 2.02. The highest BCUT2D eigenvalue weighted by Gasteiger charge is 2.26. The highest BCUT2D eigenvalue weighted by atomic mass is 32.2. The van der Waals surface area contributed by atoms with Crippen LogP contribution in [0.4, 0.5) is 5.69 Å². The Morgan fingerprint density at radius 2 is 2.26 bits per heavy atom. The van der Waals surface area contributed by atoms with Crippen LogP contribution in [-0.4, -0.2) is 34.4 Å². The summed E-state index contributed by atoms with van der Waals surface area (Å²) in [5.74, 6) is 0.627. The number of anilines is 1. The zero-order chi connectivity index (χ0) is 16.6. The van der Waals surface area contributed by atoms with E-state index in [1.807, 2.05) is 39.0 Å². The van der Waals surface area contributed by atoms with Gasteiger partial charge in [-0.2, -0.15) is 0 Å². The van der Waals surface area contributed by atoms with Gasteiger partial charge in [0.15, 0.2) is 0 Å². The summed E-state index contributed by atoms with van der Waals surface area (Å²) in [4.78, 5) is 19.8. The minimum absolute atomic E-state index is 0.00468. The van der Waals surface area contributed by atoms with Crippen LogP contribution >= 0.6 is 11.8 Å². The number of hydrogen-bond donors (Lipinski definition) is 2. The van der Waals surface area contributed by atoms with E-state index in [0.29, 0.717) is 6.61 Å². The van der Waals surface area contributed by atoms with Crippen LogP contribution in [0.15, 0.2) is 29.3 Å². The van der Waals surface area contributed by atoms with Crippen LogP contribution in [0.1, 0.15) is 26.5 Å². The summed E-state index contributed by atoms with van der Waals surface area (Å²) in [5.41, 5.74) is 8.14.